The lowest BCUT2D eigenvalue weighted by Gasteiger charge is -2.12. The normalized spacial score (nSPS) is 10.8. The summed E-state index contributed by atoms with van der Waals surface area (Å²) in [6.07, 6.45) is 0.435. The molecule has 0 aliphatic rings. The molecule has 0 saturated heterocycles. The summed E-state index contributed by atoms with van der Waals surface area (Å²) in [4.78, 5) is 18.3. The van der Waals surface area contributed by atoms with E-state index >= 15 is 0 Å². The Labute approximate surface area is 142 Å². The number of fused-ring (bicyclic) bond motifs is 1. The van der Waals surface area contributed by atoms with Gasteiger partial charge in [-0.25, -0.2) is 9.37 Å². The zero-order valence-corrected chi connectivity index (χ0v) is 13.6. The van der Waals surface area contributed by atoms with Gasteiger partial charge in [-0.2, -0.15) is 0 Å². The maximum absolute atomic E-state index is 13.8. The molecule has 3 aromatic rings. The van der Waals surface area contributed by atoms with Crippen molar-refractivity contribution in [1.29, 1.82) is 0 Å². The fourth-order valence-corrected chi connectivity index (χ4v) is 2.44. The molecule has 0 amide bonds. The van der Waals surface area contributed by atoms with Gasteiger partial charge in [0, 0.05) is 11.1 Å². The number of H-pyrrole nitrogens is 1. The summed E-state index contributed by atoms with van der Waals surface area (Å²) in [5.74, 6) is 0.410. The second-order valence-electron chi connectivity index (χ2n) is 5.00. The van der Waals surface area contributed by atoms with Crippen molar-refractivity contribution in [3.63, 3.8) is 0 Å². The summed E-state index contributed by atoms with van der Waals surface area (Å²) >= 11 is 5.94. The third kappa shape index (κ3) is 3.33. The summed E-state index contributed by atoms with van der Waals surface area (Å²) < 4.78 is 24.8. The highest BCUT2D eigenvalue weighted by molar-refractivity contribution is 6.31. The Morgan fingerprint density at radius 1 is 1.25 bits per heavy atom. The van der Waals surface area contributed by atoms with Gasteiger partial charge in [0.2, 0.25) is 0 Å². The first-order valence-corrected chi connectivity index (χ1v) is 7.67. The molecular weight excluding hydrogens is 335 g/mol. The van der Waals surface area contributed by atoms with Crippen molar-refractivity contribution >= 4 is 28.9 Å². The van der Waals surface area contributed by atoms with E-state index in [-0.39, 0.29) is 17.9 Å². The van der Waals surface area contributed by atoms with E-state index < -0.39 is 5.82 Å². The van der Waals surface area contributed by atoms with Crippen molar-refractivity contribution in [2.24, 2.45) is 0 Å². The highest BCUT2D eigenvalue weighted by Gasteiger charge is 2.13. The van der Waals surface area contributed by atoms with Crippen LogP contribution in [0.3, 0.4) is 0 Å². The third-order valence-electron chi connectivity index (χ3n) is 3.35. The lowest BCUT2D eigenvalue weighted by Crippen LogP contribution is -2.03. The molecule has 0 spiro atoms. The molecule has 0 aliphatic carbocycles. The van der Waals surface area contributed by atoms with Crippen molar-refractivity contribution < 1.29 is 18.7 Å². The van der Waals surface area contributed by atoms with Gasteiger partial charge in [0.1, 0.15) is 18.2 Å². The first kappa shape index (κ1) is 16.3. The standard InChI is InChI=1S/C17H14ClFN2O3/c1-2-23-15-5-10(8-22)12(19)7-16(15)24-9-17-20-13-4-3-11(18)6-14(13)21-17/h3-8H,2,9H2,1H3,(H,20,21). The second kappa shape index (κ2) is 6.88. The molecule has 1 aromatic heterocycles. The van der Waals surface area contributed by atoms with Crippen LogP contribution in [0.2, 0.25) is 5.02 Å². The van der Waals surface area contributed by atoms with Crippen LogP contribution in [-0.4, -0.2) is 22.9 Å². The predicted octanol–water partition coefficient (Wildman–Crippen LogP) is 4.15. The summed E-state index contributed by atoms with van der Waals surface area (Å²) in [5.41, 5.74) is 1.46. The van der Waals surface area contributed by atoms with Crippen LogP contribution < -0.4 is 9.47 Å². The minimum atomic E-state index is -0.667. The van der Waals surface area contributed by atoms with Gasteiger partial charge in [-0.05, 0) is 31.2 Å². The van der Waals surface area contributed by atoms with Gasteiger partial charge < -0.3 is 14.5 Å². The fourth-order valence-electron chi connectivity index (χ4n) is 2.27. The largest absolute Gasteiger partial charge is 0.490 e. The first-order valence-electron chi connectivity index (χ1n) is 7.29. The SMILES string of the molecule is CCOc1cc(C=O)c(F)cc1OCc1nc2ccc(Cl)cc2[nH]1. The van der Waals surface area contributed by atoms with Crippen molar-refractivity contribution in [3.8, 4) is 11.5 Å². The van der Waals surface area contributed by atoms with Gasteiger partial charge in [-0.1, -0.05) is 11.6 Å². The molecule has 0 saturated carbocycles. The van der Waals surface area contributed by atoms with Crippen molar-refractivity contribution in [3.05, 3.63) is 52.6 Å². The van der Waals surface area contributed by atoms with E-state index in [2.05, 4.69) is 9.97 Å². The monoisotopic (exact) mass is 348 g/mol. The summed E-state index contributed by atoms with van der Waals surface area (Å²) in [7, 11) is 0. The van der Waals surface area contributed by atoms with E-state index in [9.17, 15) is 9.18 Å². The van der Waals surface area contributed by atoms with Crippen LogP contribution in [0.25, 0.3) is 11.0 Å². The molecule has 7 heteroatoms. The molecule has 3 rings (SSSR count). The van der Waals surface area contributed by atoms with Gasteiger partial charge in [0.05, 0.1) is 23.2 Å². The number of benzene rings is 2. The van der Waals surface area contributed by atoms with Crippen LogP contribution >= 0.6 is 11.6 Å². The van der Waals surface area contributed by atoms with Crippen LogP contribution in [0.15, 0.2) is 30.3 Å². The Morgan fingerprint density at radius 2 is 2.04 bits per heavy atom. The summed E-state index contributed by atoms with van der Waals surface area (Å²) in [5, 5.41) is 0.601. The van der Waals surface area contributed by atoms with Crippen molar-refractivity contribution in [1.82, 2.24) is 9.97 Å². The van der Waals surface area contributed by atoms with E-state index in [1.165, 1.54) is 6.07 Å². The molecule has 0 radical (unpaired) electrons. The Bertz CT molecular complexity index is 895. The quantitative estimate of drug-likeness (QED) is 0.680. The Hall–Kier alpha value is -2.60. The second-order valence-corrected chi connectivity index (χ2v) is 5.44. The van der Waals surface area contributed by atoms with E-state index in [4.69, 9.17) is 21.1 Å². The van der Waals surface area contributed by atoms with E-state index in [0.29, 0.717) is 29.5 Å². The number of carbonyl (C=O) groups excluding carboxylic acids is 1. The van der Waals surface area contributed by atoms with Crippen LogP contribution in [0.4, 0.5) is 4.39 Å². The summed E-state index contributed by atoms with van der Waals surface area (Å²) in [6.45, 7) is 2.24. The maximum Gasteiger partial charge on any atom is 0.164 e. The molecule has 5 nitrogen and oxygen atoms in total. The highest BCUT2D eigenvalue weighted by atomic mass is 35.5. The zero-order valence-electron chi connectivity index (χ0n) is 12.8. The van der Waals surface area contributed by atoms with Crippen LogP contribution in [0, 0.1) is 5.82 Å². The Balaban J connectivity index is 1.84. The van der Waals surface area contributed by atoms with Crippen LogP contribution in [0.1, 0.15) is 23.1 Å². The van der Waals surface area contributed by atoms with Crippen molar-refractivity contribution in [2.75, 3.05) is 6.61 Å². The minimum absolute atomic E-state index is 0.0795. The lowest BCUT2D eigenvalue weighted by molar-refractivity contribution is 0.111. The van der Waals surface area contributed by atoms with E-state index in [1.807, 2.05) is 0 Å². The molecule has 24 heavy (non-hydrogen) atoms. The number of hydrogen-bond acceptors (Lipinski definition) is 4. The number of nitrogens with zero attached hydrogens (tertiary/aromatic N) is 1. The number of rotatable bonds is 6. The molecule has 0 fully saturated rings. The van der Waals surface area contributed by atoms with Crippen LogP contribution in [-0.2, 0) is 6.61 Å². The van der Waals surface area contributed by atoms with Gasteiger partial charge >= 0.3 is 0 Å². The molecular formula is C17H14ClFN2O3. The first-order chi connectivity index (χ1) is 11.6. The number of carbonyl (C=O) groups is 1. The lowest BCUT2D eigenvalue weighted by atomic mass is 10.2. The average molecular weight is 349 g/mol. The van der Waals surface area contributed by atoms with E-state index in [0.717, 1.165) is 17.1 Å². The number of aromatic amines is 1. The van der Waals surface area contributed by atoms with Crippen molar-refractivity contribution in [2.45, 2.75) is 13.5 Å². The number of hydrogen-bond donors (Lipinski definition) is 1. The van der Waals surface area contributed by atoms with E-state index in [1.54, 1.807) is 25.1 Å². The number of ether oxygens (including phenoxy) is 2. The number of aldehydes is 1. The minimum Gasteiger partial charge on any atom is -0.490 e. The smallest absolute Gasteiger partial charge is 0.164 e. The van der Waals surface area contributed by atoms with Gasteiger partial charge in [0.15, 0.2) is 17.8 Å². The molecule has 0 aliphatic heterocycles. The maximum atomic E-state index is 13.8. The highest BCUT2D eigenvalue weighted by Crippen LogP contribution is 2.30. The van der Waals surface area contributed by atoms with Crippen LogP contribution in [0.5, 0.6) is 11.5 Å². The molecule has 1 N–H and O–H groups in total. The predicted molar refractivity (Wildman–Crippen MR) is 88.4 cm³/mol. The molecule has 124 valence electrons. The molecule has 0 unspecified atom stereocenters. The van der Waals surface area contributed by atoms with Gasteiger partial charge in [-0.3, -0.25) is 4.79 Å². The van der Waals surface area contributed by atoms with Gasteiger partial charge in [-0.15, -0.1) is 0 Å². The van der Waals surface area contributed by atoms with Gasteiger partial charge in [0.25, 0.3) is 0 Å². The molecule has 1 heterocycles. The Morgan fingerprint density at radius 3 is 2.79 bits per heavy atom. The topological polar surface area (TPSA) is 64.2 Å². The number of imidazole rings is 1. The summed E-state index contributed by atoms with van der Waals surface area (Å²) in [6, 6.07) is 7.75. The molecule has 0 bridgehead atoms. The molecule has 0 atom stereocenters. The average Bonchev–Trinajstić information content (AvgIpc) is 2.96. The third-order valence-corrected chi connectivity index (χ3v) is 3.58. The zero-order chi connectivity index (χ0) is 17.1. The molecule has 2 aromatic carbocycles. The fraction of sp³-hybridized carbons (Fsp3) is 0.176. The Kier molecular flexibility index (Phi) is 4.66. The number of aromatic nitrogens is 2. The number of halogens is 2. The number of nitrogens with one attached hydrogen (secondary N) is 1.